The number of likely N-dealkylation sites (tertiary alicyclic amines) is 1. The molecule has 0 spiro atoms. The second-order valence-electron chi connectivity index (χ2n) is 6.84. The number of ether oxygens (including phenoxy) is 2. The van der Waals surface area contributed by atoms with Crippen molar-refractivity contribution in [3.8, 4) is 11.5 Å². The van der Waals surface area contributed by atoms with Gasteiger partial charge in [0.15, 0.2) is 0 Å². The second kappa shape index (κ2) is 8.70. The molecule has 1 aromatic carbocycles. The lowest BCUT2D eigenvalue weighted by Gasteiger charge is -2.35. The summed E-state index contributed by atoms with van der Waals surface area (Å²) in [6.45, 7) is 10.6. The summed E-state index contributed by atoms with van der Waals surface area (Å²) in [6.07, 6.45) is 2.77. The van der Waals surface area contributed by atoms with Gasteiger partial charge < -0.3 is 14.4 Å². The molecule has 24 heavy (non-hydrogen) atoms. The van der Waals surface area contributed by atoms with E-state index in [0.717, 1.165) is 31.1 Å². The van der Waals surface area contributed by atoms with E-state index in [1.165, 1.54) is 57.7 Å². The first kappa shape index (κ1) is 17.5. The maximum atomic E-state index is 5.50. The van der Waals surface area contributed by atoms with E-state index >= 15 is 0 Å². The summed E-state index contributed by atoms with van der Waals surface area (Å²) < 4.78 is 10.9. The molecule has 0 amide bonds. The molecule has 2 aliphatic rings. The van der Waals surface area contributed by atoms with E-state index in [-0.39, 0.29) is 0 Å². The zero-order valence-electron chi connectivity index (χ0n) is 15.2. The molecule has 3 rings (SSSR count). The van der Waals surface area contributed by atoms with Gasteiger partial charge in [-0.25, -0.2) is 0 Å². The van der Waals surface area contributed by atoms with E-state index in [1.54, 1.807) is 14.2 Å². The molecule has 0 saturated carbocycles. The number of hydrogen-bond donors (Lipinski definition) is 0. The van der Waals surface area contributed by atoms with Gasteiger partial charge in [-0.1, -0.05) is 0 Å². The molecule has 0 atom stereocenters. The van der Waals surface area contributed by atoms with Crippen LogP contribution in [-0.2, 0) is 6.54 Å². The predicted molar refractivity (Wildman–Crippen MR) is 96.9 cm³/mol. The second-order valence-corrected chi connectivity index (χ2v) is 6.84. The molecular weight excluding hydrogens is 302 g/mol. The minimum atomic E-state index is 0.898. The molecule has 0 unspecified atom stereocenters. The van der Waals surface area contributed by atoms with Gasteiger partial charge in [0.25, 0.3) is 0 Å². The molecule has 0 aliphatic carbocycles. The number of benzene rings is 1. The highest BCUT2D eigenvalue weighted by Gasteiger charge is 2.19. The minimum absolute atomic E-state index is 0.898. The van der Waals surface area contributed by atoms with Crippen LogP contribution in [-0.4, -0.2) is 81.3 Å². The van der Waals surface area contributed by atoms with Crippen LogP contribution in [0.25, 0.3) is 0 Å². The van der Waals surface area contributed by atoms with Gasteiger partial charge in [-0.2, -0.15) is 0 Å². The molecule has 2 fully saturated rings. The third-order valence-corrected chi connectivity index (χ3v) is 5.28. The third-order valence-electron chi connectivity index (χ3n) is 5.28. The third kappa shape index (κ3) is 4.62. The van der Waals surface area contributed by atoms with E-state index in [0.29, 0.717) is 0 Å². The highest BCUT2D eigenvalue weighted by molar-refractivity contribution is 5.40. The predicted octanol–water partition coefficient (Wildman–Crippen LogP) is 1.92. The number of hydrogen-bond acceptors (Lipinski definition) is 5. The summed E-state index contributed by atoms with van der Waals surface area (Å²) in [5.41, 5.74) is 1.21. The van der Waals surface area contributed by atoms with Crippen LogP contribution in [0.15, 0.2) is 18.2 Å². The summed E-state index contributed by atoms with van der Waals surface area (Å²) >= 11 is 0. The van der Waals surface area contributed by atoms with E-state index in [1.807, 2.05) is 12.1 Å². The van der Waals surface area contributed by atoms with Crippen LogP contribution in [0.1, 0.15) is 18.4 Å². The van der Waals surface area contributed by atoms with E-state index in [9.17, 15) is 0 Å². The largest absolute Gasteiger partial charge is 0.497 e. The van der Waals surface area contributed by atoms with Gasteiger partial charge in [-0.3, -0.25) is 9.80 Å². The van der Waals surface area contributed by atoms with Gasteiger partial charge in [0.2, 0.25) is 0 Å². The zero-order valence-corrected chi connectivity index (χ0v) is 15.2. The molecule has 134 valence electrons. The molecule has 2 saturated heterocycles. The Morgan fingerprint density at radius 3 is 2.04 bits per heavy atom. The highest BCUT2D eigenvalue weighted by Crippen LogP contribution is 2.25. The summed E-state index contributed by atoms with van der Waals surface area (Å²) in [5, 5.41) is 0. The van der Waals surface area contributed by atoms with Crippen molar-refractivity contribution in [3.05, 3.63) is 23.8 Å². The van der Waals surface area contributed by atoms with Crippen molar-refractivity contribution in [2.45, 2.75) is 19.4 Å². The molecular formula is C19H31N3O2. The quantitative estimate of drug-likeness (QED) is 0.760. The lowest BCUT2D eigenvalue weighted by atomic mass is 10.1. The topological polar surface area (TPSA) is 28.2 Å². The first-order chi connectivity index (χ1) is 11.8. The first-order valence-corrected chi connectivity index (χ1v) is 9.16. The van der Waals surface area contributed by atoms with E-state index in [4.69, 9.17) is 9.47 Å². The Kier molecular flexibility index (Phi) is 6.35. The van der Waals surface area contributed by atoms with Crippen LogP contribution >= 0.6 is 0 Å². The van der Waals surface area contributed by atoms with Crippen molar-refractivity contribution < 1.29 is 9.47 Å². The Balaban J connectivity index is 1.46. The molecule has 2 aliphatic heterocycles. The van der Waals surface area contributed by atoms with Crippen molar-refractivity contribution in [1.29, 1.82) is 0 Å². The Bertz CT molecular complexity index is 509. The van der Waals surface area contributed by atoms with Gasteiger partial charge in [-0.05, 0) is 44.1 Å². The van der Waals surface area contributed by atoms with Gasteiger partial charge in [0.1, 0.15) is 11.5 Å². The molecule has 1 aromatic rings. The monoisotopic (exact) mass is 333 g/mol. The standard InChI is InChI=1S/C19H31N3O2/c1-23-18-5-6-19(24-2)17(15-18)16-22-13-11-21(12-14-22)10-9-20-7-3-4-8-20/h5-6,15H,3-4,7-14,16H2,1-2H3. The normalized spacial score (nSPS) is 20.4. The fourth-order valence-electron chi connectivity index (χ4n) is 3.71. The van der Waals surface area contributed by atoms with Crippen molar-refractivity contribution >= 4 is 0 Å². The van der Waals surface area contributed by atoms with Crippen molar-refractivity contribution in [2.75, 3.05) is 66.6 Å². The Labute approximate surface area is 146 Å². The zero-order chi connectivity index (χ0) is 16.8. The summed E-state index contributed by atoms with van der Waals surface area (Å²) in [6, 6.07) is 6.05. The molecule has 0 radical (unpaired) electrons. The van der Waals surface area contributed by atoms with Crippen LogP contribution < -0.4 is 9.47 Å². The first-order valence-electron chi connectivity index (χ1n) is 9.16. The number of nitrogens with zero attached hydrogens (tertiary/aromatic N) is 3. The molecule has 5 nitrogen and oxygen atoms in total. The molecule has 0 bridgehead atoms. The van der Waals surface area contributed by atoms with Crippen LogP contribution in [0.2, 0.25) is 0 Å². The summed E-state index contributed by atoms with van der Waals surface area (Å²) in [7, 11) is 3.45. The van der Waals surface area contributed by atoms with Gasteiger partial charge >= 0.3 is 0 Å². The van der Waals surface area contributed by atoms with E-state index in [2.05, 4.69) is 20.8 Å². The summed E-state index contributed by atoms with van der Waals surface area (Å²) in [5.74, 6) is 1.85. The maximum Gasteiger partial charge on any atom is 0.123 e. The highest BCUT2D eigenvalue weighted by atomic mass is 16.5. The number of rotatable bonds is 7. The molecule has 0 N–H and O–H groups in total. The van der Waals surface area contributed by atoms with Crippen LogP contribution in [0, 0.1) is 0 Å². The Morgan fingerprint density at radius 2 is 1.42 bits per heavy atom. The van der Waals surface area contributed by atoms with Crippen molar-refractivity contribution in [1.82, 2.24) is 14.7 Å². The van der Waals surface area contributed by atoms with E-state index < -0.39 is 0 Å². The lowest BCUT2D eigenvalue weighted by Crippen LogP contribution is -2.47. The van der Waals surface area contributed by atoms with Gasteiger partial charge in [-0.15, -0.1) is 0 Å². The van der Waals surface area contributed by atoms with Gasteiger partial charge in [0, 0.05) is 51.4 Å². The Morgan fingerprint density at radius 1 is 0.792 bits per heavy atom. The van der Waals surface area contributed by atoms with Crippen LogP contribution in [0.3, 0.4) is 0 Å². The van der Waals surface area contributed by atoms with Crippen molar-refractivity contribution in [3.63, 3.8) is 0 Å². The SMILES string of the molecule is COc1ccc(OC)c(CN2CCN(CCN3CCCC3)CC2)c1. The number of methoxy groups -OCH3 is 2. The summed E-state index contributed by atoms with van der Waals surface area (Å²) in [4.78, 5) is 7.73. The lowest BCUT2D eigenvalue weighted by molar-refractivity contribution is 0.117. The Hall–Kier alpha value is -1.30. The van der Waals surface area contributed by atoms with Gasteiger partial charge in [0.05, 0.1) is 14.2 Å². The minimum Gasteiger partial charge on any atom is -0.497 e. The molecule has 0 aromatic heterocycles. The average molecular weight is 333 g/mol. The number of piperazine rings is 1. The van der Waals surface area contributed by atoms with Crippen LogP contribution in [0.5, 0.6) is 11.5 Å². The van der Waals surface area contributed by atoms with Crippen molar-refractivity contribution in [2.24, 2.45) is 0 Å². The maximum absolute atomic E-state index is 5.50. The fraction of sp³-hybridized carbons (Fsp3) is 0.684. The molecule has 2 heterocycles. The fourth-order valence-corrected chi connectivity index (χ4v) is 3.71. The van der Waals surface area contributed by atoms with Crippen LogP contribution in [0.4, 0.5) is 0 Å². The molecule has 5 heteroatoms. The average Bonchev–Trinajstić information content (AvgIpc) is 3.14. The smallest absolute Gasteiger partial charge is 0.123 e.